The first-order valence-corrected chi connectivity index (χ1v) is 8.65. The van der Waals surface area contributed by atoms with E-state index in [4.69, 9.17) is 16.3 Å². The third kappa shape index (κ3) is 3.13. The third-order valence-corrected chi connectivity index (χ3v) is 5.20. The summed E-state index contributed by atoms with van der Waals surface area (Å²) in [7, 11) is 1.57. The lowest BCUT2D eigenvalue weighted by Gasteiger charge is -2.28. The maximum Gasteiger partial charge on any atom is 0.235 e. The smallest absolute Gasteiger partial charge is 0.235 e. The number of aryl methyl sites for hydroxylation is 1. The molecule has 3 nitrogen and oxygen atoms in total. The van der Waals surface area contributed by atoms with Gasteiger partial charge in [-0.1, -0.05) is 54.3 Å². The van der Waals surface area contributed by atoms with Gasteiger partial charge < -0.3 is 10.1 Å². The van der Waals surface area contributed by atoms with Gasteiger partial charge in [0.25, 0.3) is 0 Å². The summed E-state index contributed by atoms with van der Waals surface area (Å²) in [4.78, 5) is 13.1. The zero-order valence-corrected chi connectivity index (χ0v) is 14.8. The monoisotopic (exact) mass is 343 g/mol. The normalized spacial score (nSPS) is 16.0. The summed E-state index contributed by atoms with van der Waals surface area (Å²) in [6.07, 6.45) is 3.91. The first-order valence-electron chi connectivity index (χ1n) is 8.27. The van der Waals surface area contributed by atoms with E-state index in [1.807, 2.05) is 6.07 Å². The van der Waals surface area contributed by atoms with E-state index in [1.54, 1.807) is 19.2 Å². The van der Waals surface area contributed by atoms with Crippen LogP contribution in [0.2, 0.25) is 5.02 Å². The molecule has 0 aromatic heterocycles. The van der Waals surface area contributed by atoms with Crippen molar-refractivity contribution in [2.75, 3.05) is 12.4 Å². The van der Waals surface area contributed by atoms with Gasteiger partial charge in [-0.15, -0.1) is 0 Å². The number of rotatable bonds is 4. The quantitative estimate of drug-likeness (QED) is 0.837. The maximum absolute atomic E-state index is 13.1. The predicted molar refractivity (Wildman–Crippen MR) is 98.0 cm³/mol. The highest BCUT2D eigenvalue weighted by atomic mass is 35.5. The summed E-state index contributed by atoms with van der Waals surface area (Å²) < 4.78 is 5.16. The van der Waals surface area contributed by atoms with E-state index in [0.717, 1.165) is 31.2 Å². The summed E-state index contributed by atoms with van der Waals surface area (Å²) in [5.74, 6) is 0.647. The Morgan fingerprint density at radius 2 is 1.79 bits per heavy atom. The molecule has 126 valence electrons. The Morgan fingerprint density at radius 1 is 1.12 bits per heavy atom. The van der Waals surface area contributed by atoms with E-state index in [1.165, 1.54) is 5.56 Å². The lowest BCUT2D eigenvalue weighted by molar-refractivity contribution is -0.121. The standard InChI is InChI=1S/C20H22ClNO2/c1-14-5-7-15(8-6-14)20(11-3-4-12-20)19(23)22-16-9-10-18(24-2)17(21)13-16/h5-10,13H,3-4,11-12H2,1-2H3,(H,22,23). The third-order valence-electron chi connectivity index (χ3n) is 4.91. The summed E-state index contributed by atoms with van der Waals surface area (Å²) >= 11 is 6.17. The number of nitrogens with one attached hydrogen (secondary N) is 1. The van der Waals surface area contributed by atoms with Crippen LogP contribution in [0.25, 0.3) is 0 Å². The number of benzene rings is 2. The van der Waals surface area contributed by atoms with Crippen molar-refractivity contribution in [3.8, 4) is 5.75 Å². The van der Waals surface area contributed by atoms with Crippen LogP contribution in [0.4, 0.5) is 5.69 Å². The van der Waals surface area contributed by atoms with Gasteiger partial charge in [-0.3, -0.25) is 4.79 Å². The summed E-state index contributed by atoms with van der Waals surface area (Å²) in [5, 5.41) is 3.54. The van der Waals surface area contributed by atoms with E-state index in [9.17, 15) is 4.79 Å². The SMILES string of the molecule is COc1ccc(NC(=O)C2(c3ccc(C)cc3)CCCC2)cc1Cl. The lowest BCUT2D eigenvalue weighted by atomic mass is 9.77. The van der Waals surface area contributed by atoms with Gasteiger partial charge in [0.05, 0.1) is 17.5 Å². The van der Waals surface area contributed by atoms with Crippen molar-refractivity contribution >= 4 is 23.2 Å². The van der Waals surface area contributed by atoms with Crippen LogP contribution in [-0.4, -0.2) is 13.0 Å². The van der Waals surface area contributed by atoms with Crippen LogP contribution in [0, 0.1) is 6.92 Å². The Bertz CT molecular complexity index is 734. The Labute approximate surface area is 148 Å². The van der Waals surface area contributed by atoms with Crippen molar-refractivity contribution in [3.63, 3.8) is 0 Å². The minimum absolute atomic E-state index is 0.0464. The highest BCUT2D eigenvalue weighted by molar-refractivity contribution is 6.32. The average Bonchev–Trinajstić information content (AvgIpc) is 3.07. The van der Waals surface area contributed by atoms with Gasteiger partial charge in [-0.05, 0) is 43.5 Å². The number of ether oxygens (including phenoxy) is 1. The minimum Gasteiger partial charge on any atom is -0.495 e. The Balaban J connectivity index is 1.88. The second-order valence-electron chi connectivity index (χ2n) is 6.46. The number of carbonyl (C=O) groups is 1. The maximum atomic E-state index is 13.1. The van der Waals surface area contributed by atoms with Gasteiger partial charge in [0.2, 0.25) is 5.91 Å². The van der Waals surface area contributed by atoms with Crippen LogP contribution in [0.3, 0.4) is 0 Å². The van der Waals surface area contributed by atoms with E-state index in [-0.39, 0.29) is 5.91 Å². The number of amides is 1. The first-order chi connectivity index (χ1) is 11.5. The van der Waals surface area contributed by atoms with E-state index >= 15 is 0 Å². The minimum atomic E-state index is -0.444. The molecule has 2 aromatic rings. The molecule has 0 atom stereocenters. The molecule has 0 aliphatic heterocycles. The van der Waals surface area contributed by atoms with Gasteiger partial charge in [0.15, 0.2) is 0 Å². The second-order valence-corrected chi connectivity index (χ2v) is 6.87. The van der Waals surface area contributed by atoms with Gasteiger partial charge in [-0.25, -0.2) is 0 Å². The van der Waals surface area contributed by atoms with Crippen molar-refractivity contribution in [2.24, 2.45) is 0 Å². The lowest BCUT2D eigenvalue weighted by Crippen LogP contribution is -2.38. The second kappa shape index (κ2) is 6.86. The van der Waals surface area contributed by atoms with Crippen LogP contribution in [0.5, 0.6) is 5.75 Å². The number of anilines is 1. The van der Waals surface area contributed by atoms with Crippen molar-refractivity contribution < 1.29 is 9.53 Å². The summed E-state index contributed by atoms with van der Waals surface area (Å²) in [5.41, 5.74) is 2.56. The van der Waals surface area contributed by atoms with Crippen molar-refractivity contribution in [1.82, 2.24) is 0 Å². The van der Waals surface area contributed by atoms with E-state index in [0.29, 0.717) is 16.5 Å². The van der Waals surface area contributed by atoms with Crippen LogP contribution in [0.15, 0.2) is 42.5 Å². The highest BCUT2D eigenvalue weighted by Gasteiger charge is 2.42. The Morgan fingerprint density at radius 3 is 2.38 bits per heavy atom. The molecule has 4 heteroatoms. The molecule has 3 rings (SSSR count). The Hall–Kier alpha value is -2.00. The van der Waals surface area contributed by atoms with Gasteiger partial charge in [0.1, 0.15) is 5.75 Å². The van der Waals surface area contributed by atoms with Gasteiger partial charge >= 0.3 is 0 Å². The summed E-state index contributed by atoms with van der Waals surface area (Å²) in [6, 6.07) is 13.6. The molecule has 1 aliphatic rings. The van der Waals surface area contributed by atoms with Crippen LogP contribution >= 0.6 is 11.6 Å². The number of halogens is 1. The molecule has 1 saturated carbocycles. The fourth-order valence-corrected chi connectivity index (χ4v) is 3.75. The largest absolute Gasteiger partial charge is 0.495 e. The number of carbonyl (C=O) groups excluding carboxylic acids is 1. The molecular weight excluding hydrogens is 322 g/mol. The van der Waals surface area contributed by atoms with Crippen LogP contribution in [-0.2, 0) is 10.2 Å². The molecule has 1 fully saturated rings. The Kier molecular flexibility index (Phi) is 4.81. The molecule has 0 radical (unpaired) electrons. The van der Waals surface area contributed by atoms with Crippen LogP contribution in [0.1, 0.15) is 36.8 Å². The molecule has 2 aromatic carbocycles. The molecule has 1 amide bonds. The topological polar surface area (TPSA) is 38.3 Å². The van der Waals surface area contributed by atoms with Gasteiger partial charge in [-0.2, -0.15) is 0 Å². The molecule has 0 spiro atoms. The predicted octanol–water partition coefficient (Wildman–Crippen LogP) is 5.11. The highest BCUT2D eigenvalue weighted by Crippen LogP contribution is 2.42. The van der Waals surface area contributed by atoms with Gasteiger partial charge in [0, 0.05) is 5.69 Å². The van der Waals surface area contributed by atoms with Crippen LogP contribution < -0.4 is 10.1 Å². The molecule has 0 unspecified atom stereocenters. The van der Waals surface area contributed by atoms with Crippen molar-refractivity contribution in [2.45, 2.75) is 38.0 Å². The fraction of sp³-hybridized carbons (Fsp3) is 0.350. The summed E-state index contributed by atoms with van der Waals surface area (Å²) in [6.45, 7) is 2.06. The zero-order valence-electron chi connectivity index (χ0n) is 14.1. The first kappa shape index (κ1) is 16.8. The zero-order chi connectivity index (χ0) is 17.2. The molecule has 0 bridgehead atoms. The molecule has 1 aliphatic carbocycles. The van der Waals surface area contributed by atoms with Crippen molar-refractivity contribution in [3.05, 3.63) is 58.6 Å². The number of hydrogen-bond donors (Lipinski definition) is 1. The molecule has 0 heterocycles. The average molecular weight is 344 g/mol. The molecule has 0 saturated heterocycles. The fourth-order valence-electron chi connectivity index (χ4n) is 3.49. The molecule has 1 N–H and O–H groups in total. The molecule has 24 heavy (non-hydrogen) atoms. The number of hydrogen-bond acceptors (Lipinski definition) is 2. The number of methoxy groups -OCH3 is 1. The van der Waals surface area contributed by atoms with E-state index in [2.05, 4.69) is 36.5 Å². The molecular formula is C20H22ClNO2. The van der Waals surface area contributed by atoms with E-state index < -0.39 is 5.41 Å². The van der Waals surface area contributed by atoms with Crippen molar-refractivity contribution in [1.29, 1.82) is 0 Å².